The molecule has 0 saturated carbocycles. The molecule has 0 aliphatic heterocycles. The number of rotatable bonds is 8. The summed E-state index contributed by atoms with van der Waals surface area (Å²) in [4.78, 5) is 0. The SMILES string of the molecule is COCCNCC(C)Oc1ccc(OC)cc1Br. The minimum atomic E-state index is 0.0894. The van der Waals surface area contributed by atoms with Gasteiger partial charge < -0.3 is 19.5 Å². The normalized spacial score (nSPS) is 12.2. The Morgan fingerprint density at radius 2 is 2.11 bits per heavy atom. The highest BCUT2D eigenvalue weighted by molar-refractivity contribution is 9.10. The van der Waals surface area contributed by atoms with Crippen LogP contribution in [-0.4, -0.2) is 40.0 Å². The van der Waals surface area contributed by atoms with E-state index < -0.39 is 0 Å². The van der Waals surface area contributed by atoms with Gasteiger partial charge in [0.25, 0.3) is 0 Å². The zero-order valence-electron chi connectivity index (χ0n) is 11.0. The van der Waals surface area contributed by atoms with Crippen molar-refractivity contribution in [1.82, 2.24) is 5.32 Å². The Morgan fingerprint density at radius 1 is 1.33 bits per heavy atom. The molecule has 102 valence electrons. The highest BCUT2D eigenvalue weighted by atomic mass is 79.9. The maximum Gasteiger partial charge on any atom is 0.134 e. The molecule has 0 amide bonds. The van der Waals surface area contributed by atoms with Crippen LogP contribution in [0.4, 0.5) is 0 Å². The van der Waals surface area contributed by atoms with E-state index in [9.17, 15) is 0 Å². The highest BCUT2D eigenvalue weighted by Crippen LogP contribution is 2.29. The van der Waals surface area contributed by atoms with Gasteiger partial charge in [0.2, 0.25) is 0 Å². The van der Waals surface area contributed by atoms with Crippen LogP contribution in [0.25, 0.3) is 0 Å². The van der Waals surface area contributed by atoms with Crippen LogP contribution >= 0.6 is 15.9 Å². The lowest BCUT2D eigenvalue weighted by Crippen LogP contribution is -2.31. The molecular formula is C13H20BrNO3. The van der Waals surface area contributed by atoms with Gasteiger partial charge in [-0.15, -0.1) is 0 Å². The summed E-state index contributed by atoms with van der Waals surface area (Å²) in [6.07, 6.45) is 0.0894. The third-order valence-corrected chi connectivity index (χ3v) is 3.00. The van der Waals surface area contributed by atoms with Gasteiger partial charge in [-0.2, -0.15) is 0 Å². The predicted molar refractivity (Wildman–Crippen MR) is 75.5 cm³/mol. The van der Waals surface area contributed by atoms with Crippen LogP contribution in [0.3, 0.4) is 0 Å². The molecule has 1 aromatic carbocycles. The molecule has 18 heavy (non-hydrogen) atoms. The second kappa shape index (κ2) is 8.34. The van der Waals surface area contributed by atoms with E-state index in [4.69, 9.17) is 14.2 Å². The summed E-state index contributed by atoms with van der Waals surface area (Å²) >= 11 is 3.46. The summed E-state index contributed by atoms with van der Waals surface area (Å²) in [7, 11) is 3.33. The Labute approximate surface area is 117 Å². The quantitative estimate of drug-likeness (QED) is 0.748. The average molecular weight is 318 g/mol. The number of halogens is 1. The number of hydrogen-bond acceptors (Lipinski definition) is 4. The van der Waals surface area contributed by atoms with Crippen molar-refractivity contribution in [2.75, 3.05) is 33.9 Å². The van der Waals surface area contributed by atoms with E-state index in [-0.39, 0.29) is 6.10 Å². The molecule has 0 bridgehead atoms. The van der Waals surface area contributed by atoms with Crippen molar-refractivity contribution in [2.24, 2.45) is 0 Å². The van der Waals surface area contributed by atoms with E-state index in [1.165, 1.54) is 0 Å². The minimum Gasteiger partial charge on any atom is -0.497 e. The molecule has 0 saturated heterocycles. The molecular weight excluding hydrogens is 298 g/mol. The molecule has 1 unspecified atom stereocenters. The van der Waals surface area contributed by atoms with Crippen LogP contribution in [-0.2, 0) is 4.74 Å². The smallest absolute Gasteiger partial charge is 0.134 e. The van der Waals surface area contributed by atoms with E-state index in [0.29, 0.717) is 6.61 Å². The Hall–Kier alpha value is -0.780. The number of methoxy groups -OCH3 is 2. The first-order chi connectivity index (χ1) is 8.67. The van der Waals surface area contributed by atoms with Gasteiger partial charge in [0.1, 0.15) is 17.6 Å². The number of nitrogens with one attached hydrogen (secondary N) is 1. The molecule has 0 fully saturated rings. The second-order valence-electron chi connectivity index (χ2n) is 3.92. The molecule has 1 atom stereocenters. The van der Waals surface area contributed by atoms with Crippen LogP contribution in [0, 0.1) is 0 Å². The van der Waals surface area contributed by atoms with E-state index in [2.05, 4.69) is 21.2 Å². The molecule has 0 radical (unpaired) electrons. The van der Waals surface area contributed by atoms with Gasteiger partial charge in [-0.25, -0.2) is 0 Å². The lowest BCUT2D eigenvalue weighted by molar-refractivity contribution is 0.183. The van der Waals surface area contributed by atoms with Gasteiger partial charge >= 0.3 is 0 Å². The fourth-order valence-electron chi connectivity index (χ4n) is 1.44. The summed E-state index contributed by atoms with van der Waals surface area (Å²) in [5.41, 5.74) is 0. The zero-order chi connectivity index (χ0) is 13.4. The molecule has 5 heteroatoms. The highest BCUT2D eigenvalue weighted by Gasteiger charge is 2.07. The fraction of sp³-hybridized carbons (Fsp3) is 0.538. The zero-order valence-corrected chi connectivity index (χ0v) is 12.6. The Kier molecular flexibility index (Phi) is 7.08. The lowest BCUT2D eigenvalue weighted by Gasteiger charge is -2.16. The van der Waals surface area contributed by atoms with Gasteiger partial charge in [0.05, 0.1) is 18.2 Å². The first-order valence-corrected chi connectivity index (χ1v) is 6.66. The van der Waals surface area contributed by atoms with Crippen molar-refractivity contribution < 1.29 is 14.2 Å². The van der Waals surface area contributed by atoms with Crippen molar-refractivity contribution in [3.63, 3.8) is 0 Å². The predicted octanol–water partition coefficient (Wildman–Crippen LogP) is 2.46. The van der Waals surface area contributed by atoms with E-state index >= 15 is 0 Å². The maximum absolute atomic E-state index is 5.82. The van der Waals surface area contributed by atoms with Crippen molar-refractivity contribution in [2.45, 2.75) is 13.0 Å². The first kappa shape index (κ1) is 15.3. The van der Waals surface area contributed by atoms with Crippen molar-refractivity contribution in [3.8, 4) is 11.5 Å². The molecule has 0 aliphatic carbocycles. The van der Waals surface area contributed by atoms with Crippen molar-refractivity contribution in [1.29, 1.82) is 0 Å². The third-order valence-electron chi connectivity index (χ3n) is 2.38. The van der Waals surface area contributed by atoms with Crippen LogP contribution < -0.4 is 14.8 Å². The lowest BCUT2D eigenvalue weighted by atomic mass is 10.3. The van der Waals surface area contributed by atoms with Crippen molar-refractivity contribution >= 4 is 15.9 Å². The fourth-order valence-corrected chi connectivity index (χ4v) is 1.89. The Balaban J connectivity index is 2.41. The number of benzene rings is 1. The Morgan fingerprint density at radius 3 is 2.72 bits per heavy atom. The number of hydrogen-bond donors (Lipinski definition) is 1. The number of ether oxygens (including phenoxy) is 3. The van der Waals surface area contributed by atoms with Gasteiger partial charge in [-0.05, 0) is 41.1 Å². The topological polar surface area (TPSA) is 39.7 Å². The summed E-state index contributed by atoms with van der Waals surface area (Å²) < 4.78 is 16.8. The molecule has 1 aromatic rings. The second-order valence-corrected chi connectivity index (χ2v) is 4.78. The summed E-state index contributed by atoms with van der Waals surface area (Å²) in [5.74, 6) is 1.62. The largest absolute Gasteiger partial charge is 0.497 e. The summed E-state index contributed by atoms with van der Waals surface area (Å²) in [5, 5.41) is 3.26. The first-order valence-electron chi connectivity index (χ1n) is 5.87. The summed E-state index contributed by atoms with van der Waals surface area (Å²) in [6.45, 7) is 4.34. The maximum atomic E-state index is 5.82. The minimum absolute atomic E-state index is 0.0894. The molecule has 0 aromatic heterocycles. The molecule has 0 heterocycles. The van der Waals surface area contributed by atoms with E-state index in [0.717, 1.165) is 29.1 Å². The molecule has 1 N–H and O–H groups in total. The van der Waals surface area contributed by atoms with Crippen LogP contribution in [0.15, 0.2) is 22.7 Å². The van der Waals surface area contributed by atoms with Gasteiger partial charge in [0, 0.05) is 20.2 Å². The van der Waals surface area contributed by atoms with Crippen molar-refractivity contribution in [3.05, 3.63) is 22.7 Å². The monoisotopic (exact) mass is 317 g/mol. The van der Waals surface area contributed by atoms with Crippen LogP contribution in [0.5, 0.6) is 11.5 Å². The molecule has 0 aliphatic rings. The standard InChI is InChI=1S/C13H20BrNO3/c1-10(9-15-6-7-16-2)18-13-5-4-11(17-3)8-12(13)14/h4-5,8,10,15H,6-7,9H2,1-3H3. The molecule has 1 rings (SSSR count). The van der Waals surface area contributed by atoms with Crippen LogP contribution in [0.1, 0.15) is 6.92 Å². The van der Waals surface area contributed by atoms with E-state index in [1.807, 2.05) is 25.1 Å². The average Bonchev–Trinajstić information content (AvgIpc) is 2.37. The molecule has 4 nitrogen and oxygen atoms in total. The summed E-state index contributed by atoms with van der Waals surface area (Å²) in [6, 6.07) is 5.67. The van der Waals surface area contributed by atoms with Gasteiger partial charge in [-0.1, -0.05) is 0 Å². The Bertz CT molecular complexity index is 360. The third kappa shape index (κ3) is 5.25. The van der Waals surface area contributed by atoms with Crippen LogP contribution in [0.2, 0.25) is 0 Å². The van der Waals surface area contributed by atoms with Gasteiger partial charge in [0.15, 0.2) is 0 Å². The van der Waals surface area contributed by atoms with Gasteiger partial charge in [-0.3, -0.25) is 0 Å². The van der Waals surface area contributed by atoms with E-state index in [1.54, 1.807) is 14.2 Å². The molecule has 0 spiro atoms.